The number of ketones is 1. The third-order valence-electron chi connectivity index (χ3n) is 8.42. The summed E-state index contributed by atoms with van der Waals surface area (Å²) in [4.78, 5) is 12.2. The van der Waals surface area contributed by atoms with Crippen molar-refractivity contribution < 1.29 is 4.79 Å². The molecule has 0 saturated carbocycles. The van der Waals surface area contributed by atoms with Crippen molar-refractivity contribution in [3.05, 3.63) is 36.0 Å². The van der Waals surface area contributed by atoms with Crippen LogP contribution in [-0.2, 0) is 4.79 Å². The number of hydrogen-bond donors (Lipinski definition) is 0. The zero-order valence-corrected chi connectivity index (χ0v) is 28.5. The van der Waals surface area contributed by atoms with Gasteiger partial charge in [-0.15, -0.1) is 0 Å². The van der Waals surface area contributed by atoms with E-state index in [-0.39, 0.29) is 0 Å². The van der Waals surface area contributed by atoms with Crippen molar-refractivity contribution >= 4 is 5.78 Å². The predicted octanol–water partition coefficient (Wildman–Crippen LogP) is 14.4. The summed E-state index contributed by atoms with van der Waals surface area (Å²) in [6.07, 6.45) is 50.0. The SMILES string of the molecule is CCCCCC=CCC=CCCCCCCCCC(=O)CCCCCCCCC(=CCCCCCCCC)CCC. The van der Waals surface area contributed by atoms with Crippen molar-refractivity contribution in [1.82, 2.24) is 0 Å². The molecule has 0 unspecified atom stereocenters. The summed E-state index contributed by atoms with van der Waals surface area (Å²) in [5.41, 5.74) is 1.72. The first kappa shape index (κ1) is 39.9. The van der Waals surface area contributed by atoms with Gasteiger partial charge in [0.1, 0.15) is 5.78 Å². The lowest BCUT2D eigenvalue weighted by atomic mass is 9.99. The number of hydrogen-bond acceptors (Lipinski definition) is 1. The fourth-order valence-electron chi connectivity index (χ4n) is 5.70. The Morgan fingerprint density at radius 1 is 0.390 bits per heavy atom. The van der Waals surface area contributed by atoms with E-state index in [4.69, 9.17) is 0 Å². The molecule has 0 aromatic rings. The van der Waals surface area contributed by atoms with Gasteiger partial charge in [-0.25, -0.2) is 0 Å². The summed E-state index contributed by atoms with van der Waals surface area (Å²) >= 11 is 0. The van der Waals surface area contributed by atoms with Crippen molar-refractivity contribution in [1.29, 1.82) is 0 Å². The minimum Gasteiger partial charge on any atom is -0.300 e. The molecule has 0 bridgehead atoms. The van der Waals surface area contributed by atoms with Gasteiger partial charge in [-0.2, -0.15) is 0 Å². The first-order valence-electron chi connectivity index (χ1n) is 18.7. The maximum Gasteiger partial charge on any atom is 0.132 e. The molecule has 0 rings (SSSR count). The highest BCUT2D eigenvalue weighted by molar-refractivity contribution is 5.78. The molecular formula is C40H74O. The molecule has 0 aromatic carbocycles. The molecule has 0 aliphatic heterocycles. The second-order valence-electron chi connectivity index (χ2n) is 12.7. The third-order valence-corrected chi connectivity index (χ3v) is 8.42. The minimum absolute atomic E-state index is 0.509. The second kappa shape index (κ2) is 35.1. The summed E-state index contributed by atoms with van der Waals surface area (Å²) in [6.45, 7) is 6.87. The van der Waals surface area contributed by atoms with Gasteiger partial charge in [-0.05, 0) is 77.0 Å². The molecule has 0 saturated heterocycles. The van der Waals surface area contributed by atoms with Crippen molar-refractivity contribution in [3.63, 3.8) is 0 Å². The van der Waals surface area contributed by atoms with Crippen LogP contribution in [0.25, 0.3) is 0 Å². The monoisotopic (exact) mass is 571 g/mol. The van der Waals surface area contributed by atoms with E-state index in [0.29, 0.717) is 5.78 Å². The highest BCUT2D eigenvalue weighted by atomic mass is 16.1. The van der Waals surface area contributed by atoms with Crippen LogP contribution in [0.5, 0.6) is 0 Å². The minimum atomic E-state index is 0.509. The van der Waals surface area contributed by atoms with Crippen LogP contribution in [0.4, 0.5) is 0 Å². The molecule has 0 fully saturated rings. The van der Waals surface area contributed by atoms with E-state index >= 15 is 0 Å². The Hall–Kier alpha value is -1.11. The number of carbonyl (C=O) groups is 1. The average Bonchev–Trinajstić information content (AvgIpc) is 2.97. The Bertz CT molecular complexity index is 610. The van der Waals surface area contributed by atoms with E-state index in [1.54, 1.807) is 5.57 Å². The molecule has 0 amide bonds. The lowest BCUT2D eigenvalue weighted by molar-refractivity contribution is -0.119. The van der Waals surface area contributed by atoms with Crippen LogP contribution in [0.2, 0.25) is 0 Å². The van der Waals surface area contributed by atoms with Crippen LogP contribution in [0, 0.1) is 0 Å². The van der Waals surface area contributed by atoms with Crippen molar-refractivity contribution in [3.8, 4) is 0 Å². The quantitative estimate of drug-likeness (QED) is 0.0566. The summed E-state index contributed by atoms with van der Waals surface area (Å²) < 4.78 is 0. The van der Waals surface area contributed by atoms with Gasteiger partial charge in [0.25, 0.3) is 0 Å². The molecule has 0 aliphatic rings. The summed E-state index contributed by atoms with van der Waals surface area (Å²) in [7, 11) is 0. The molecule has 0 spiro atoms. The van der Waals surface area contributed by atoms with Gasteiger partial charge in [0.2, 0.25) is 0 Å². The van der Waals surface area contributed by atoms with Crippen LogP contribution in [0.1, 0.15) is 213 Å². The predicted molar refractivity (Wildman–Crippen MR) is 187 cm³/mol. The Morgan fingerprint density at radius 2 is 0.805 bits per heavy atom. The van der Waals surface area contributed by atoms with E-state index in [9.17, 15) is 4.79 Å². The van der Waals surface area contributed by atoms with Crippen LogP contribution >= 0.6 is 0 Å². The molecule has 41 heavy (non-hydrogen) atoms. The summed E-state index contributed by atoms with van der Waals surface area (Å²) in [6, 6.07) is 0. The number of carbonyl (C=O) groups excluding carboxylic acids is 1. The molecule has 1 heteroatoms. The Balaban J connectivity index is 3.49. The van der Waals surface area contributed by atoms with Crippen molar-refractivity contribution in [2.24, 2.45) is 0 Å². The summed E-state index contributed by atoms with van der Waals surface area (Å²) in [5, 5.41) is 0. The third kappa shape index (κ3) is 33.3. The van der Waals surface area contributed by atoms with Gasteiger partial charge in [0.05, 0.1) is 0 Å². The standard InChI is InChI=1S/C40H74O/c1-4-7-9-11-13-14-15-16-17-18-19-20-21-23-28-32-37-40(41)38-33-29-25-24-27-31-36-39(34-6-3)35-30-26-22-12-10-8-5-2/h13-14,16-17,35H,4-12,15,18-34,36-38H2,1-3H3. The maximum atomic E-state index is 12.2. The van der Waals surface area contributed by atoms with Crippen molar-refractivity contribution in [2.75, 3.05) is 0 Å². The van der Waals surface area contributed by atoms with Crippen LogP contribution < -0.4 is 0 Å². The van der Waals surface area contributed by atoms with Crippen molar-refractivity contribution in [2.45, 2.75) is 213 Å². The Labute approximate surface area is 259 Å². The zero-order chi connectivity index (χ0) is 29.9. The maximum absolute atomic E-state index is 12.2. The normalized spacial score (nSPS) is 12.3. The van der Waals surface area contributed by atoms with Gasteiger partial charge >= 0.3 is 0 Å². The van der Waals surface area contributed by atoms with Gasteiger partial charge in [-0.3, -0.25) is 4.79 Å². The largest absolute Gasteiger partial charge is 0.300 e. The van der Waals surface area contributed by atoms with Crippen LogP contribution in [0.3, 0.4) is 0 Å². The van der Waals surface area contributed by atoms with E-state index in [1.165, 1.54) is 161 Å². The number of rotatable bonds is 33. The lowest BCUT2D eigenvalue weighted by Gasteiger charge is -2.07. The molecule has 0 aromatic heterocycles. The van der Waals surface area contributed by atoms with Gasteiger partial charge in [0, 0.05) is 12.8 Å². The number of allylic oxidation sites excluding steroid dienone is 6. The lowest BCUT2D eigenvalue weighted by Crippen LogP contribution is -1.97. The van der Waals surface area contributed by atoms with E-state index < -0.39 is 0 Å². The highest BCUT2D eigenvalue weighted by Gasteiger charge is 2.03. The summed E-state index contributed by atoms with van der Waals surface area (Å²) in [5.74, 6) is 0.509. The average molecular weight is 571 g/mol. The molecule has 0 heterocycles. The molecule has 0 radical (unpaired) electrons. The highest BCUT2D eigenvalue weighted by Crippen LogP contribution is 2.19. The Morgan fingerprint density at radius 3 is 1.34 bits per heavy atom. The van der Waals surface area contributed by atoms with Gasteiger partial charge < -0.3 is 0 Å². The Kier molecular flexibility index (Phi) is 34.1. The topological polar surface area (TPSA) is 17.1 Å². The molecule has 1 nitrogen and oxygen atoms in total. The number of Topliss-reactive ketones (excluding diaryl/α,β-unsaturated/α-hetero) is 1. The number of unbranched alkanes of at least 4 members (excludes halogenated alkanes) is 20. The molecule has 0 aliphatic carbocycles. The molecule has 0 atom stereocenters. The van der Waals surface area contributed by atoms with Crippen LogP contribution in [0.15, 0.2) is 36.0 Å². The molecule has 0 N–H and O–H groups in total. The first-order valence-corrected chi connectivity index (χ1v) is 18.7. The van der Waals surface area contributed by atoms with E-state index in [1.807, 2.05) is 0 Å². The van der Waals surface area contributed by atoms with E-state index in [2.05, 4.69) is 51.2 Å². The van der Waals surface area contributed by atoms with Crippen LogP contribution in [-0.4, -0.2) is 5.78 Å². The zero-order valence-electron chi connectivity index (χ0n) is 28.5. The molecule has 240 valence electrons. The van der Waals surface area contributed by atoms with E-state index in [0.717, 1.165) is 32.1 Å². The molecular weight excluding hydrogens is 496 g/mol. The van der Waals surface area contributed by atoms with Gasteiger partial charge in [0.15, 0.2) is 0 Å². The first-order chi connectivity index (χ1) is 20.2. The fraction of sp³-hybridized carbons (Fsp3) is 0.825. The van der Waals surface area contributed by atoms with Gasteiger partial charge in [-0.1, -0.05) is 159 Å². The fourth-order valence-corrected chi connectivity index (χ4v) is 5.70. The second-order valence-corrected chi connectivity index (χ2v) is 12.7. The smallest absolute Gasteiger partial charge is 0.132 e.